The molecular weight excluding hydrogens is 564 g/mol. The van der Waals surface area contributed by atoms with Crippen LogP contribution in [0.4, 0.5) is 11.9 Å². The molecular formula is C30H31N10O4+. The Morgan fingerprint density at radius 2 is 1.16 bits per heavy atom. The van der Waals surface area contributed by atoms with Crippen molar-refractivity contribution in [2.24, 2.45) is 0 Å². The third-order valence-corrected chi connectivity index (χ3v) is 6.52. The van der Waals surface area contributed by atoms with Gasteiger partial charge >= 0.3 is 5.95 Å². The highest BCUT2D eigenvalue weighted by molar-refractivity contribution is 5.76. The second-order valence-electron chi connectivity index (χ2n) is 9.75. The molecule has 0 aliphatic rings. The average Bonchev–Trinajstić information content (AvgIpc) is 3.71. The number of nitrogen functional groups attached to an aromatic ring is 2. The second kappa shape index (κ2) is 13.6. The molecule has 7 N–H and O–H groups in total. The first-order chi connectivity index (χ1) is 21.6. The largest absolute Gasteiger partial charge is 0.471 e. The Labute approximate surface area is 251 Å². The number of H-pyrrole nitrogens is 3. The summed E-state index contributed by atoms with van der Waals surface area (Å²) < 4.78 is 23.2. The fraction of sp³-hybridized carbons (Fsp3) is 0.200. The number of nitrogens with zero attached hydrogens (tertiary/aromatic N) is 5. The molecule has 0 bridgehead atoms. The highest BCUT2D eigenvalue weighted by atomic mass is 16.5. The monoisotopic (exact) mass is 595 g/mol. The zero-order valence-corrected chi connectivity index (χ0v) is 23.7. The van der Waals surface area contributed by atoms with Crippen molar-refractivity contribution in [1.82, 2.24) is 34.9 Å². The predicted molar refractivity (Wildman–Crippen MR) is 161 cm³/mol. The molecule has 0 saturated carbocycles. The summed E-state index contributed by atoms with van der Waals surface area (Å²) in [5, 5.41) is 0. The maximum Gasteiger partial charge on any atom is 0.392 e. The summed E-state index contributed by atoms with van der Waals surface area (Å²) in [5.41, 5.74) is 17.9. The first-order valence-corrected chi connectivity index (χ1v) is 13.8. The lowest BCUT2D eigenvalue weighted by Gasteiger charge is -2.08. The molecule has 14 heteroatoms. The zero-order valence-electron chi connectivity index (χ0n) is 23.7. The minimum absolute atomic E-state index is 0.116. The second-order valence-corrected chi connectivity index (χ2v) is 9.75. The number of benzene rings is 2. The Morgan fingerprint density at radius 3 is 1.77 bits per heavy atom. The topological polar surface area (TPSA) is 199 Å². The minimum Gasteiger partial charge on any atom is -0.471 e. The zero-order chi connectivity index (χ0) is 30.1. The van der Waals surface area contributed by atoms with Crippen LogP contribution in [0, 0.1) is 0 Å². The van der Waals surface area contributed by atoms with Crippen LogP contribution >= 0.6 is 0 Å². The van der Waals surface area contributed by atoms with Crippen LogP contribution in [-0.2, 0) is 35.9 Å². The lowest BCUT2D eigenvalue weighted by Crippen LogP contribution is -2.17. The molecule has 6 aromatic rings. The first kappa shape index (κ1) is 28.5. The highest BCUT2D eigenvalue weighted by Gasteiger charge is 2.15. The summed E-state index contributed by atoms with van der Waals surface area (Å²) in [6, 6.07) is 16.0. The fourth-order valence-corrected chi connectivity index (χ4v) is 4.29. The summed E-state index contributed by atoms with van der Waals surface area (Å²) in [5.74, 6) is 1.22. The van der Waals surface area contributed by atoms with E-state index in [1.165, 1.54) is 6.33 Å². The lowest BCUT2D eigenvalue weighted by atomic mass is 10.1. The normalized spacial score (nSPS) is 11.5. The number of aromatic nitrogens is 8. The van der Waals surface area contributed by atoms with E-state index in [2.05, 4.69) is 39.9 Å². The van der Waals surface area contributed by atoms with Gasteiger partial charge in [0.05, 0.1) is 39.1 Å². The summed E-state index contributed by atoms with van der Waals surface area (Å²) in [6.07, 6.45) is 6.98. The highest BCUT2D eigenvalue weighted by Crippen LogP contribution is 2.21. The number of imidazole rings is 2. The standard InChI is InChI=1S/C30H30N10O4/c31-29-37-25-23(33-17-35-25)27(39-29)43-15-21-7-3-19(4-8-21)13-41-11-1-2-12-42-14-20-5-9-22(10-6-20)16-44-28-24-26(36-18-34-24)38-30(32)40-28/h1-10,17-18H,11-16H2,(H3,31,33,35,37,39)(H3,32,34,36,38,40)/p+1. The van der Waals surface area contributed by atoms with E-state index in [4.69, 9.17) is 30.4 Å². The Hall–Kier alpha value is -5.60. The lowest BCUT2D eigenvalue weighted by molar-refractivity contribution is -0.380. The van der Waals surface area contributed by atoms with Gasteiger partial charge in [0.15, 0.2) is 11.2 Å². The van der Waals surface area contributed by atoms with Gasteiger partial charge in [0, 0.05) is 0 Å². The number of hydrogen-bond donors (Lipinski definition) is 4. The van der Waals surface area contributed by atoms with E-state index in [-0.39, 0.29) is 11.9 Å². The van der Waals surface area contributed by atoms with Crippen LogP contribution in [0.2, 0.25) is 0 Å². The van der Waals surface area contributed by atoms with E-state index >= 15 is 0 Å². The van der Waals surface area contributed by atoms with E-state index in [1.54, 1.807) is 6.33 Å². The smallest absolute Gasteiger partial charge is 0.392 e. The average molecular weight is 596 g/mol. The van der Waals surface area contributed by atoms with Crippen LogP contribution in [0.1, 0.15) is 22.3 Å². The number of nitrogens with two attached hydrogens (primary N) is 2. The van der Waals surface area contributed by atoms with Crippen LogP contribution in [-0.4, -0.2) is 48.1 Å². The van der Waals surface area contributed by atoms with Crippen molar-refractivity contribution >= 4 is 34.2 Å². The maximum absolute atomic E-state index is 5.89. The molecule has 0 aliphatic heterocycles. The van der Waals surface area contributed by atoms with Gasteiger partial charge in [-0.3, -0.25) is 5.73 Å². The molecule has 6 rings (SSSR count). The van der Waals surface area contributed by atoms with Gasteiger partial charge in [0.25, 0.3) is 11.5 Å². The van der Waals surface area contributed by atoms with Crippen molar-refractivity contribution in [3.63, 3.8) is 0 Å². The van der Waals surface area contributed by atoms with Crippen LogP contribution in [0.15, 0.2) is 73.3 Å². The van der Waals surface area contributed by atoms with Gasteiger partial charge in [0.1, 0.15) is 18.7 Å². The van der Waals surface area contributed by atoms with Crippen molar-refractivity contribution in [2.45, 2.75) is 26.4 Å². The first-order valence-electron chi connectivity index (χ1n) is 13.8. The summed E-state index contributed by atoms with van der Waals surface area (Å²) >= 11 is 0. The van der Waals surface area contributed by atoms with Crippen LogP contribution in [0.5, 0.6) is 11.8 Å². The number of anilines is 2. The van der Waals surface area contributed by atoms with Crippen molar-refractivity contribution in [3.8, 4) is 11.8 Å². The minimum atomic E-state index is 0.116. The molecule has 14 nitrogen and oxygen atoms in total. The van der Waals surface area contributed by atoms with E-state index in [9.17, 15) is 0 Å². The quantitative estimate of drug-likeness (QED) is 0.107. The molecule has 44 heavy (non-hydrogen) atoms. The third-order valence-electron chi connectivity index (χ3n) is 6.52. The molecule has 0 atom stereocenters. The number of nitrogens with one attached hydrogen (secondary N) is 3. The summed E-state index contributed by atoms with van der Waals surface area (Å²) in [6.45, 7) is 2.69. The molecule has 0 amide bonds. The van der Waals surface area contributed by atoms with Gasteiger partial charge in [-0.25, -0.2) is 15.0 Å². The van der Waals surface area contributed by atoms with Gasteiger partial charge < -0.3 is 34.6 Å². The molecule has 0 fully saturated rings. The van der Waals surface area contributed by atoms with Crippen molar-refractivity contribution < 1.29 is 23.9 Å². The van der Waals surface area contributed by atoms with Gasteiger partial charge in [-0.15, -0.1) is 0 Å². The number of ether oxygens (including phenoxy) is 4. The van der Waals surface area contributed by atoms with E-state index in [0.29, 0.717) is 73.7 Å². The van der Waals surface area contributed by atoms with E-state index in [1.807, 2.05) is 60.7 Å². The number of hydrogen-bond acceptors (Lipinski definition) is 11. The van der Waals surface area contributed by atoms with Crippen LogP contribution in [0.25, 0.3) is 22.3 Å². The van der Waals surface area contributed by atoms with Gasteiger partial charge in [-0.1, -0.05) is 60.7 Å². The SMILES string of the molecule is Nc1nc(OCc2ccc(COCC=CCOCc3ccc(COc4[nH+]c(N)nc5nc[nH]c45)cc3)cc2)c2[nH]cnc2n1. The molecule has 0 radical (unpaired) electrons. The van der Waals surface area contributed by atoms with Crippen molar-refractivity contribution in [2.75, 3.05) is 24.7 Å². The number of aromatic amines is 3. The predicted octanol–water partition coefficient (Wildman–Crippen LogP) is 3.05. The molecule has 224 valence electrons. The fourth-order valence-electron chi connectivity index (χ4n) is 4.29. The van der Waals surface area contributed by atoms with Gasteiger partial charge in [0.2, 0.25) is 11.8 Å². The van der Waals surface area contributed by atoms with E-state index in [0.717, 1.165) is 22.3 Å². The molecule has 4 aromatic heterocycles. The molecule has 0 spiro atoms. The Balaban J connectivity index is 0.857. The Kier molecular flexibility index (Phi) is 8.80. The van der Waals surface area contributed by atoms with Crippen molar-refractivity contribution in [1.29, 1.82) is 0 Å². The molecule has 2 aromatic carbocycles. The number of rotatable bonds is 14. The van der Waals surface area contributed by atoms with Crippen LogP contribution in [0.3, 0.4) is 0 Å². The third kappa shape index (κ3) is 7.24. The molecule has 4 heterocycles. The molecule has 0 aliphatic carbocycles. The van der Waals surface area contributed by atoms with Crippen LogP contribution < -0.4 is 25.9 Å². The molecule has 0 unspecified atom stereocenters. The van der Waals surface area contributed by atoms with Gasteiger partial charge in [-0.2, -0.15) is 9.97 Å². The summed E-state index contributed by atoms with van der Waals surface area (Å²) in [7, 11) is 0. The molecule has 0 saturated heterocycles. The van der Waals surface area contributed by atoms with Gasteiger partial charge in [-0.05, 0) is 27.2 Å². The number of fused-ring (bicyclic) bond motifs is 2. The Bertz CT molecular complexity index is 1720. The van der Waals surface area contributed by atoms with Crippen molar-refractivity contribution in [3.05, 3.63) is 95.6 Å². The Morgan fingerprint density at radius 1 is 0.636 bits per heavy atom. The maximum atomic E-state index is 5.89. The van der Waals surface area contributed by atoms with E-state index < -0.39 is 0 Å². The summed E-state index contributed by atoms with van der Waals surface area (Å²) in [4.78, 5) is 29.4.